The van der Waals surface area contributed by atoms with Crippen molar-refractivity contribution >= 4 is 23.6 Å². The zero-order valence-corrected chi connectivity index (χ0v) is 30.6. The van der Waals surface area contributed by atoms with Crippen LogP contribution in [0, 0.1) is 11.6 Å². The van der Waals surface area contributed by atoms with E-state index >= 15 is 0 Å². The monoisotopic (exact) mass is 704 g/mol. The predicted octanol–water partition coefficient (Wildman–Crippen LogP) is 5.23. The number of carboxylic acid groups (broad SMARTS) is 1. The van der Waals surface area contributed by atoms with Crippen LogP contribution < -0.4 is 39.6 Å². The molecule has 2 atom stereocenters. The van der Waals surface area contributed by atoms with E-state index in [2.05, 4.69) is 5.32 Å². The molecule has 0 aliphatic rings. The van der Waals surface area contributed by atoms with Gasteiger partial charge in [-0.25, -0.2) is 8.78 Å². The molecule has 4 aromatic carbocycles. The molecule has 0 unspecified atom stereocenters. The van der Waals surface area contributed by atoms with Crippen LogP contribution >= 0.6 is 0 Å². The first kappa shape index (κ1) is 39.2. The molecular weight excluding hydrogens is 665 g/mol. The third-order valence-corrected chi connectivity index (χ3v) is 8.01. The number of halogens is 2. The van der Waals surface area contributed by atoms with E-state index in [1.807, 2.05) is 44.2 Å². The fraction of sp³-hybridized carbons (Fsp3) is 0.200. The maximum Gasteiger partial charge on any atom is 1.00 e. The number of carbonyl (C=O) groups excluding carboxylic acids is 1. The Bertz CT molecular complexity index is 1970. The summed E-state index contributed by atoms with van der Waals surface area (Å²) in [4.78, 5) is 25.7. The topological polar surface area (TPSA) is 121 Å². The molecule has 4 N–H and O–H groups in total. The van der Waals surface area contributed by atoms with Crippen molar-refractivity contribution in [3.8, 4) is 28.0 Å². The van der Waals surface area contributed by atoms with Crippen molar-refractivity contribution in [3.05, 3.63) is 138 Å². The molecule has 5 rings (SSSR count). The van der Waals surface area contributed by atoms with Gasteiger partial charge in [0.05, 0.1) is 24.3 Å². The van der Waals surface area contributed by atoms with Gasteiger partial charge in [-0.3, -0.25) is 9.59 Å². The van der Waals surface area contributed by atoms with Gasteiger partial charge in [0.25, 0.3) is 5.91 Å². The number of para-hydroxylation sites is 2. The SMILES string of the molecule is CC(C)n1c(/C=C/[C@@H](O)C[C@@H](O)CC(=O)O)c(-c2ccc(F)cc2)c(-c2ccc(F)cc2)c1C(=O)Nc1ccccc1OCc1ccccc1.[H-].[Na+]. The number of aliphatic hydroxyl groups is 2. The molecular formula is C40H39F2N2NaO6. The van der Waals surface area contributed by atoms with Gasteiger partial charge >= 0.3 is 35.5 Å². The number of amides is 1. The average molecular weight is 705 g/mol. The number of rotatable bonds is 14. The molecule has 0 radical (unpaired) electrons. The summed E-state index contributed by atoms with van der Waals surface area (Å²) in [6, 6.07) is 27.7. The van der Waals surface area contributed by atoms with Crippen LogP contribution in [0.3, 0.4) is 0 Å². The Hall–Kier alpha value is -4.58. The summed E-state index contributed by atoms with van der Waals surface area (Å²) >= 11 is 0. The van der Waals surface area contributed by atoms with E-state index in [1.54, 1.807) is 59.2 Å². The standard InChI is InChI=1S/C40H38F2N2O6.Na.H/c1-25(2)44-34(21-20-31(45)22-32(46)23-36(47)48)37(27-12-16-29(41)17-13-27)38(28-14-18-30(42)19-15-28)39(44)40(49)43-33-10-6-7-11-35(33)50-24-26-8-4-3-5-9-26;;/h3-21,25,31-32,45-46H,22-24H2,1-2H3,(H,43,49)(H,47,48);;/q;+1;-1/b21-20+;;/t31-,32-;;/m1../s1. The molecule has 1 heterocycles. The Morgan fingerprint density at radius 2 is 1.41 bits per heavy atom. The van der Waals surface area contributed by atoms with Gasteiger partial charge in [-0.2, -0.15) is 0 Å². The number of aromatic nitrogens is 1. The fourth-order valence-electron chi connectivity index (χ4n) is 5.79. The minimum atomic E-state index is -1.29. The molecule has 1 aromatic heterocycles. The summed E-state index contributed by atoms with van der Waals surface area (Å²) in [6.45, 7) is 4.02. The molecule has 1 amide bonds. The molecule has 0 aliphatic heterocycles. The van der Waals surface area contributed by atoms with Crippen LogP contribution in [0.5, 0.6) is 5.75 Å². The molecule has 0 aliphatic carbocycles. The normalized spacial score (nSPS) is 12.4. The van der Waals surface area contributed by atoms with Crippen LogP contribution in [-0.4, -0.2) is 44.0 Å². The van der Waals surface area contributed by atoms with E-state index in [0.29, 0.717) is 39.4 Å². The second kappa shape index (κ2) is 18.1. The molecule has 0 spiro atoms. The zero-order valence-electron chi connectivity index (χ0n) is 29.6. The number of carboxylic acids is 1. The van der Waals surface area contributed by atoms with Gasteiger partial charge in [0.15, 0.2) is 0 Å². The molecule has 0 saturated heterocycles. The van der Waals surface area contributed by atoms with Gasteiger partial charge in [0.2, 0.25) is 0 Å². The zero-order chi connectivity index (χ0) is 35.8. The van der Waals surface area contributed by atoms with E-state index in [9.17, 15) is 28.6 Å². The first-order valence-electron chi connectivity index (χ1n) is 16.1. The molecule has 11 heteroatoms. The van der Waals surface area contributed by atoms with Crippen LogP contribution in [0.2, 0.25) is 0 Å². The number of hydrogen-bond donors (Lipinski definition) is 4. The van der Waals surface area contributed by atoms with Crippen molar-refractivity contribution < 1.29 is 69.4 Å². The third kappa shape index (κ3) is 10.0. The number of benzene rings is 4. The van der Waals surface area contributed by atoms with Crippen molar-refractivity contribution in [1.82, 2.24) is 4.57 Å². The number of anilines is 1. The van der Waals surface area contributed by atoms with E-state index in [-0.39, 0.29) is 55.7 Å². The summed E-state index contributed by atoms with van der Waals surface area (Å²) in [5.74, 6) is -2.20. The van der Waals surface area contributed by atoms with Crippen LogP contribution in [0.25, 0.3) is 28.3 Å². The number of nitrogens with zero attached hydrogens (tertiary/aromatic N) is 1. The summed E-state index contributed by atoms with van der Waals surface area (Å²) in [6.07, 6.45) is -0.298. The summed E-state index contributed by atoms with van der Waals surface area (Å²) in [5.41, 5.74) is 4.04. The van der Waals surface area contributed by atoms with Crippen molar-refractivity contribution in [3.63, 3.8) is 0 Å². The Morgan fingerprint density at radius 1 is 0.843 bits per heavy atom. The van der Waals surface area contributed by atoms with Crippen LogP contribution in [-0.2, 0) is 11.4 Å². The van der Waals surface area contributed by atoms with Gasteiger partial charge in [0, 0.05) is 29.3 Å². The number of hydrogen-bond acceptors (Lipinski definition) is 5. The van der Waals surface area contributed by atoms with E-state index in [0.717, 1.165) is 5.56 Å². The number of nitrogens with one attached hydrogen (secondary N) is 1. The molecule has 260 valence electrons. The first-order valence-corrected chi connectivity index (χ1v) is 16.1. The number of aliphatic carboxylic acids is 1. The number of ether oxygens (including phenoxy) is 1. The summed E-state index contributed by atoms with van der Waals surface area (Å²) in [5, 5.41) is 33.0. The van der Waals surface area contributed by atoms with Crippen molar-refractivity contribution in [2.75, 3.05) is 5.32 Å². The molecule has 0 saturated carbocycles. The Morgan fingerprint density at radius 3 is 2.00 bits per heavy atom. The first-order chi connectivity index (χ1) is 24.0. The molecule has 8 nitrogen and oxygen atoms in total. The van der Waals surface area contributed by atoms with E-state index < -0.39 is 42.1 Å². The number of aliphatic hydroxyl groups excluding tert-OH is 2. The largest absolute Gasteiger partial charge is 1.00 e. The average Bonchev–Trinajstić information content (AvgIpc) is 3.43. The Balaban J connectivity index is 0.00000364. The van der Waals surface area contributed by atoms with Gasteiger partial charge in [0.1, 0.15) is 29.7 Å². The van der Waals surface area contributed by atoms with Crippen molar-refractivity contribution in [1.29, 1.82) is 0 Å². The van der Waals surface area contributed by atoms with Gasteiger partial charge < -0.3 is 31.4 Å². The molecule has 51 heavy (non-hydrogen) atoms. The van der Waals surface area contributed by atoms with Gasteiger partial charge in [-0.05, 0) is 73.0 Å². The number of carbonyl (C=O) groups is 2. The second-order valence-corrected chi connectivity index (χ2v) is 12.1. The van der Waals surface area contributed by atoms with E-state index in [4.69, 9.17) is 9.84 Å². The second-order valence-electron chi connectivity index (χ2n) is 12.1. The van der Waals surface area contributed by atoms with E-state index in [1.165, 1.54) is 30.3 Å². The Labute approximate surface area is 318 Å². The Kier molecular flexibility index (Phi) is 13.9. The molecule has 0 fully saturated rings. The van der Waals surface area contributed by atoms with Crippen LogP contribution in [0.1, 0.15) is 55.9 Å². The molecule has 5 aromatic rings. The fourth-order valence-corrected chi connectivity index (χ4v) is 5.79. The van der Waals surface area contributed by atoms with Crippen molar-refractivity contribution in [2.24, 2.45) is 0 Å². The van der Waals surface area contributed by atoms with Crippen LogP contribution in [0.4, 0.5) is 14.5 Å². The maximum atomic E-state index is 14.6. The van der Waals surface area contributed by atoms with Gasteiger partial charge in [-0.15, -0.1) is 0 Å². The predicted molar refractivity (Wildman–Crippen MR) is 190 cm³/mol. The minimum absolute atomic E-state index is 0. The maximum absolute atomic E-state index is 14.6. The summed E-state index contributed by atoms with van der Waals surface area (Å²) < 4.78 is 36.3. The third-order valence-electron chi connectivity index (χ3n) is 8.01. The van der Waals surface area contributed by atoms with Crippen molar-refractivity contribution in [2.45, 2.75) is 51.5 Å². The molecule has 0 bridgehead atoms. The smallest absolute Gasteiger partial charge is 1.00 e. The van der Waals surface area contributed by atoms with Gasteiger partial charge in [-0.1, -0.05) is 72.8 Å². The minimum Gasteiger partial charge on any atom is -1.00 e. The summed E-state index contributed by atoms with van der Waals surface area (Å²) in [7, 11) is 0. The van der Waals surface area contributed by atoms with Crippen LogP contribution in [0.15, 0.2) is 109 Å². The quantitative estimate of drug-likeness (QED) is 0.118.